The third-order valence-electron chi connectivity index (χ3n) is 4.75. The molecule has 0 radical (unpaired) electrons. The molecule has 1 amide bonds. The molecule has 1 aliphatic carbocycles. The zero-order valence-corrected chi connectivity index (χ0v) is 17.1. The lowest BCUT2D eigenvalue weighted by Gasteiger charge is -2.30. The minimum absolute atomic E-state index is 0.131. The van der Waals surface area contributed by atoms with Crippen molar-refractivity contribution in [2.45, 2.75) is 64.1 Å². The Morgan fingerprint density at radius 2 is 1.86 bits per heavy atom. The van der Waals surface area contributed by atoms with Gasteiger partial charge in [0.2, 0.25) is 0 Å². The van der Waals surface area contributed by atoms with E-state index in [-0.39, 0.29) is 18.2 Å². The van der Waals surface area contributed by atoms with Crippen LogP contribution in [0.3, 0.4) is 0 Å². The molecule has 0 spiro atoms. The van der Waals surface area contributed by atoms with Crippen LogP contribution < -0.4 is 10.6 Å². The first-order chi connectivity index (χ1) is 13.8. The Kier molecular flexibility index (Phi) is 6.46. The van der Waals surface area contributed by atoms with E-state index < -0.39 is 5.60 Å². The highest BCUT2D eigenvalue weighted by Crippen LogP contribution is 2.24. The number of nitrogens with one attached hydrogen (secondary N) is 2. The number of alkyl carbamates (subject to hydrolysis) is 1. The molecular weight excluding hydrogens is 368 g/mol. The highest BCUT2D eigenvalue weighted by atomic mass is 16.6. The van der Waals surface area contributed by atoms with Gasteiger partial charge in [0.1, 0.15) is 17.7 Å². The number of ether oxygens (including phenoxy) is 1. The number of carbonyl (C=O) groups is 2. The van der Waals surface area contributed by atoms with Crippen molar-refractivity contribution in [3.63, 3.8) is 0 Å². The van der Waals surface area contributed by atoms with E-state index in [4.69, 9.17) is 4.74 Å². The molecule has 154 valence electrons. The number of benzene rings is 1. The number of carbonyl (C=O) groups excluding carboxylic acids is 2. The Hall–Kier alpha value is -2.96. The molecule has 0 unspecified atom stereocenters. The predicted molar refractivity (Wildman–Crippen MR) is 112 cm³/mol. The molecule has 2 aromatic rings. The second-order valence-electron chi connectivity index (χ2n) is 8.37. The molecule has 7 nitrogen and oxygen atoms in total. The molecular formula is C22H28N4O3. The van der Waals surface area contributed by atoms with Crippen LogP contribution in [0.25, 0.3) is 11.3 Å². The summed E-state index contributed by atoms with van der Waals surface area (Å²) in [5, 5.41) is 6.40. The first-order valence-electron chi connectivity index (χ1n) is 9.96. The quantitative estimate of drug-likeness (QED) is 0.736. The van der Waals surface area contributed by atoms with Gasteiger partial charge in [-0.25, -0.2) is 9.78 Å². The van der Waals surface area contributed by atoms with Gasteiger partial charge < -0.3 is 15.4 Å². The lowest BCUT2D eigenvalue weighted by atomic mass is 9.91. The maximum absolute atomic E-state index is 11.9. The second-order valence-corrected chi connectivity index (χ2v) is 8.37. The third-order valence-corrected chi connectivity index (χ3v) is 4.75. The Morgan fingerprint density at radius 3 is 2.55 bits per heavy atom. The van der Waals surface area contributed by atoms with Crippen molar-refractivity contribution in [1.29, 1.82) is 0 Å². The van der Waals surface area contributed by atoms with E-state index in [1.165, 1.54) is 0 Å². The number of aromatic nitrogens is 2. The van der Waals surface area contributed by atoms with Crippen molar-refractivity contribution in [2.24, 2.45) is 0 Å². The topological polar surface area (TPSA) is 93.2 Å². The molecule has 1 aromatic heterocycles. The standard InChI is InChI=1S/C22H28N4O3/c1-22(2,3)29-21(28)25-18-9-7-17(8-10-18)24-20-13-23-12-19(26-20)16-6-4-5-15(11-16)14-27/h4-6,11-14,17-18H,7-10H2,1-3H3,(H,24,26)(H,25,28). The molecule has 1 saturated carbocycles. The summed E-state index contributed by atoms with van der Waals surface area (Å²) in [6, 6.07) is 7.71. The highest BCUT2D eigenvalue weighted by molar-refractivity contribution is 5.78. The maximum Gasteiger partial charge on any atom is 0.407 e. The summed E-state index contributed by atoms with van der Waals surface area (Å²) < 4.78 is 5.33. The Balaban J connectivity index is 1.54. The molecule has 3 rings (SSSR count). The van der Waals surface area contributed by atoms with Crippen LogP contribution in [-0.4, -0.2) is 40.0 Å². The minimum Gasteiger partial charge on any atom is -0.444 e. The van der Waals surface area contributed by atoms with Crippen LogP contribution in [0.2, 0.25) is 0 Å². The fourth-order valence-corrected chi connectivity index (χ4v) is 3.41. The van der Waals surface area contributed by atoms with Gasteiger partial charge in [-0.05, 0) is 52.5 Å². The predicted octanol–water partition coefficient (Wildman–Crippen LogP) is 4.20. The Labute approximate surface area is 171 Å². The van der Waals surface area contributed by atoms with Gasteiger partial charge in [-0.3, -0.25) is 9.78 Å². The maximum atomic E-state index is 11.9. The molecule has 2 N–H and O–H groups in total. The second kappa shape index (κ2) is 9.03. The van der Waals surface area contributed by atoms with E-state index in [1.54, 1.807) is 24.5 Å². The normalized spacial score (nSPS) is 19.3. The van der Waals surface area contributed by atoms with Gasteiger partial charge in [-0.2, -0.15) is 0 Å². The summed E-state index contributed by atoms with van der Waals surface area (Å²) in [6.07, 6.45) is 7.47. The van der Waals surface area contributed by atoms with E-state index in [9.17, 15) is 9.59 Å². The zero-order chi connectivity index (χ0) is 20.9. The van der Waals surface area contributed by atoms with Crippen molar-refractivity contribution >= 4 is 18.2 Å². The molecule has 0 bridgehead atoms. The lowest BCUT2D eigenvalue weighted by molar-refractivity contribution is 0.0492. The molecule has 0 aliphatic heterocycles. The van der Waals surface area contributed by atoms with Gasteiger partial charge in [0.05, 0.1) is 18.1 Å². The van der Waals surface area contributed by atoms with E-state index in [2.05, 4.69) is 20.6 Å². The Morgan fingerprint density at radius 1 is 1.14 bits per heavy atom. The van der Waals surface area contributed by atoms with Gasteiger partial charge in [0.25, 0.3) is 0 Å². The van der Waals surface area contributed by atoms with Crippen LogP contribution in [0.15, 0.2) is 36.7 Å². The molecule has 29 heavy (non-hydrogen) atoms. The van der Waals surface area contributed by atoms with Crippen LogP contribution in [0.1, 0.15) is 56.8 Å². The summed E-state index contributed by atoms with van der Waals surface area (Å²) >= 11 is 0. The number of nitrogens with zero attached hydrogens (tertiary/aromatic N) is 2. The van der Waals surface area contributed by atoms with Crippen LogP contribution in [0.4, 0.5) is 10.6 Å². The van der Waals surface area contributed by atoms with Gasteiger partial charge in [-0.1, -0.05) is 18.2 Å². The van der Waals surface area contributed by atoms with Crippen molar-refractivity contribution in [2.75, 3.05) is 5.32 Å². The average molecular weight is 396 g/mol. The van der Waals surface area contributed by atoms with Gasteiger partial charge in [-0.15, -0.1) is 0 Å². The summed E-state index contributed by atoms with van der Waals surface area (Å²) in [6.45, 7) is 5.58. The van der Waals surface area contributed by atoms with Crippen molar-refractivity contribution in [1.82, 2.24) is 15.3 Å². The van der Waals surface area contributed by atoms with Crippen molar-refractivity contribution in [3.05, 3.63) is 42.2 Å². The van der Waals surface area contributed by atoms with Gasteiger partial charge in [0, 0.05) is 23.2 Å². The number of anilines is 1. The number of aldehydes is 1. The number of rotatable bonds is 5. The first-order valence-corrected chi connectivity index (χ1v) is 9.96. The molecule has 0 atom stereocenters. The lowest BCUT2D eigenvalue weighted by Crippen LogP contribution is -2.42. The van der Waals surface area contributed by atoms with Crippen LogP contribution in [0.5, 0.6) is 0 Å². The Bertz CT molecular complexity index is 855. The number of hydrogen-bond acceptors (Lipinski definition) is 6. The summed E-state index contributed by atoms with van der Waals surface area (Å²) in [4.78, 5) is 31.9. The number of hydrogen-bond donors (Lipinski definition) is 2. The first kappa shape index (κ1) is 20.8. The highest BCUT2D eigenvalue weighted by Gasteiger charge is 2.25. The largest absolute Gasteiger partial charge is 0.444 e. The van der Waals surface area contributed by atoms with Gasteiger partial charge in [0.15, 0.2) is 0 Å². The molecule has 1 aliphatic rings. The number of amides is 1. The van der Waals surface area contributed by atoms with Crippen LogP contribution >= 0.6 is 0 Å². The van der Waals surface area contributed by atoms with Crippen molar-refractivity contribution in [3.8, 4) is 11.3 Å². The minimum atomic E-state index is -0.488. The third kappa shape index (κ3) is 6.27. The smallest absolute Gasteiger partial charge is 0.407 e. The van der Waals surface area contributed by atoms with Crippen LogP contribution in [-0.2, 0) is 4.74 Å². The molecule has 0 saturated heterocycles. The average Bonchev–Trinajstić information content (AvgIpc) is 2.68. The molecule has 7 heteroatoms. The monoisotopic (exact) mass is 396 g/mol. The molecule has 1 fully saturated rings. The van der Waals surface area contributed by atoms with Crippen LogP contribution in [0, 0.1) is 0 Å². The SMILES string of the molecule is CC(C)(C)OC(=O)NC1CCC(Nc2cncc(-c3cccc(C=O)c3)n2)CC1. The van der Waals surface area contributed by atoms with Gasteiger partial charge >= 0.3 is 6.09 Å². The zero-order valence-electron chi connectivity index (χ0n) is 17.1. The summed E-state index contributed by atoms with van der Waals surface area (Å²) in [7, 11) is 0. The summed E-state index contributed by atoms with van der Waals surface area (Å²) in [5.41, 5.74) is 1.70. The fraction of sp³-hybridized carbons (Fsp3) is 0.455. The van der Waals surface area contributed by atoms with E-state index in [0.29, 0.717) is 11.4 Å². The fourth-order valence-electron chi connectivity index (χ4n) is 3.41. The van der Waals surface area contributed by atoms with E-state index in [1.807, 2.05) is 32.9 Å². The van der Waals surface area contributed by atoms with E-state index >= 15 is 0 Å². The van der Waals surface area contributed by atoms with E-state index in [0.717, 1.165) is 43.2 Å². The molecule has 1 aromatic carbocycles. The van der Waals surface area contributed by atoms with Crippen molar-refractivity contribution < 1.29 is 14.3 Å². The molecule has 1 heterocycles. The summed E-state index contributed by atoms with van der Waals surface area (Å²) in [5.74, 6) is 0.711.